The molecule has 0 saturated heterocycles. The maximum atomic E-state index is 5.53. The first-order chi connectivity index (χ1) is 11.7. The molecule has 0 aliphatic heterocycles. The van der Waals surface area contributed by atoms with Crippen molar-refractivity contribution in [2.45, 2.75) is 32.4 Å². The lowest BCUT2D eigenvalue weighted by atomic mass is 10.1. The predicted octanol–water partition coefficient (Wildman–Crippen LogP) is 4.25. The molecule has 0 aromatic heterocycles. The van der Waals surface area contributed by atoms with E-state index in [0.717, 1.165) is 30.7 Å². The van der Waals surface area contributed by atoms with Gasteiger partial charge in [0, 0.05) is 18.2 Å². The lowest BCUT2D eigenvalue weighted by Crippen LogP contribution is -2.26. The molecule has 25 heavy (non-hydrogen) atoms. The number of methoxy groups -OCH3 is 3. The minimum Gasteiger partial charge on any atom is -0.493 e. The zero-order valence-electron chi connectivity index (χ0n) is 15.4. The first kappa shape index (κ1) is 21.1. The van der Waals surface area contributed by atoms with Crippen molar-refractivity contribution in [3.63, 3.8) is 0 Å². The Morgan fingerprint density at radius 1 is 0.880 bits per heavy atom. The van der Waals surface area contributed by atoms with E-state index in [1.807, 2.05) is 12.1 Å². The Kier molecular flexibility index (Phi) is 9.17. The molecule has 0 spiro atoms. The minimum atomic E-state index is 0. The van der Waals surface area contributed by atoms with Crippen molar-refractivity contribution < 1.29 is 14.2 Å². The molecular weight excluding hydrogens is 338 g/mol. The van der Waals surface area contributed by atoms with Crippen molar-refractivity contribution in [3.8, 4) is 17.2 Å². The largest absolute Gasteiger partial charge is 0.493 e. The molecule has 0 radical (unpaired) electrons. The highest BCUT2D eigenvalue weighted by molar-refractivity contribution is 5.85. The highest BCUT2D eigenvalue weighted by atomic mass is 35.5. The van der Waals surface area contributed by atoms with Gasteiger partial charge in [0.15, 0.2) is 11.5 Å². The monoisotopic (exact) mass is 365 g/mol. The Morgan fingerprint density at radius 2 is 1.56 bits per heavy atom. The van der Waals surface area contributed by atoms with Crippen molar-refractivity contribution in [2.75, 3.05) is 21.3 Å². The summed E-state index contributed by atoms with van der Waals surface area (Å²) in [5.41, 5.74) is 2.43. The number of nitrogens with one attached hydrogen (secondary N) is 1. The van der Waals surface area contributed by atoms with Gasteiger partial charge in [-0.1, -0.05) is 36.4 Å². The third-order valence-electron chi connectivity index (χ3n) is 4.14. The normalized spacial score (nSPS) is 11.4. The molecule has 1 N–H and O–H groups in total. The van der Waals surface area contributed by atoms with E-state index in [9.17, 15) is 0 Å². The Labute approximate surface area is 156 Å². The van der Waals surface area contributed by atoms with Gasteiger partial charge in [-0.05, 0) is 31.4 Å². The van der Waals surface area contributed by atoms with Gasteiger partial charge in [0.1, 0.15) is 0 Å². The van der Waals surface area contributed by atoms with Crippen LogP contribution in [0.5, 0.6) is 17.2 Å². The van der Waals surface area contributed by atoms with E-state index in [2.05, 4.69) is 42.6 Å². The van der Waals surface area contributed by atoms with Gasteiger partial charge in [-0.15, -0.1) is 12.4 Å². The molecular formula is C20H28ClNO3. The zero-order chi connectivity index (χ0) is 17.4. The lowest BCUT2D eigenvalue weighted by Gasteiger charge is -2.18. The van der Waals surface area contributed by atoms with E-state index in [4.69, 9.17) is 14.2 Å². The Morgan fingerprint density at radius 3 is 2.16 bits per heavy atom. The number of benzene rings is 2. The number of aryl methyl sites for hydroxylation is 1. The molecule has 0 fully saturated rings. The second-order valence-electron chi connectivity index (χ2n) is 5.80. The van der Waals surface area contributed by atoms with Crippen LogP contribution in [0.3, 0.4) is 0 Å². The molecule has 0 aliphatic carbocycles. The Hall–Kier alpha value is -1.91. The van der Waals surface area contributed by atoms with Crippen LogP contribution in [0.2, 0.25) is 0 Å². The van der Waals surface area contributed by atoms with Gasteiger partial charge in [-0.2, -0.15) is 0 Å². The second kappa shape index (κ2) is 10.9. The van der Waals surface area contributed by atoms with Crippen LogP contribution < -0.4 is 19.5 Å². The topological polar surface area (TPSA) is 39.7 Å². The molecule has 5 heteroatoms. The minimum absolute atomic E-state index is 0. The summed E-state index contributed by atoms with van der Waals surface area (Å²) in [6, 6.07) is 14.9. The molecule has 2 rings (SSSR count). The number of ether oxygens (including phenoxy) is 3. The van der Waals surface area contributed by atoms with E-state index in [0.29, 0.717) is 17.5 Å². The lowest BCUT2D eigenvalue weighted by molar-refractivity contribution is 0.321. The van der Waals surface area contributed by atoms with Gasteiger partial charge in [-0.3, -0.25) is 0 Å². The molecule has 1 atom stereocenters. The third-order valence-corrected chi connectivity index (χ3v) is 4.14. The van der Waals surface area contributed by atoms with Gasteiger partial charge < -0.3 is 19.5 Å². The third kappa shape index (κ3) is 5.83. The quantitative estimate of drug-likeness (QED) is 0.721. The van der Waals surface area contributed by atoms with Crippen molar-refractivity contribution in [1.29, 1.82) is 0 Å². The fourth-order valence-electron chi connectivity index (χ4n) is 2.72. The average molecular weight is 366 g/mol. The molecule has 0 amide bonds. The first-order valence-electron chi connectivity index (χ1n) is 8.24. The number of rotatable bonds is 9. The van der Waals surface area contributed by atoms with Crippen LogP contribution in [0, 0.1) is 0 Å². The fraction of sp³-hybridized carbons (Fsp3) is 0.400. The summed E-state index contributed by atoms with van der Waals surface area (Å²) in [5, 5.41) is 3.56. The Bertz CT molecular complexity index is 634. The predicted molar refractivity (Wildman–Crippen MR) is 104 cm³/mol. The summed E-state index contributed by atoms with van der Waals surface area (Å²) in [5.74, 6) is 2.03. The average Bonchev–Trinajstić information content (AvgIpc) is 2.64. The maximum absolute atomic E-state index is 5.53. The Balaban J connectivity index is 0.00000312. The molecule has 1 unspecified atom stereocenters. The number of hydrogen-bond acceptors (Lipinski definition) is 4. The van der Waals surface area contributed by atoms with E-state index in [1.54, 1.807) is 21.3 Å². The van der Waals surface area contributed by atoms with Crippen molar-refractivity contribution in [3.05, 3.63) is 53.6 Å². The van der Waals surface area contributed by atoms with Crippen molar-refractivity contribution in [2.24, 2.45) is 0 Å². The zero-order valence-corrected chi connectivity index (χ0v) is 16.2. The molecule has 0 saturated carbocycles. The molecule has 138 valence electrons. The smallest absolute Gasteiger partial charge is 0.203 e. The van der Waals surface area contributed by atoms with Crippen LogP contribution >= 0.6 is 12.4 Å². The highest BCUT2D eigenvalue weighted by Crippen LogP contribution is 2.39. The summed E-state index contributed by atoms with van der Waals surface area (Å²) >= 11 is 0. The number of hydrogen-bond donors (Lipinski definition) is 1. The summed E-state index contributed by atoms with van der Waals surface area (Å²) < 4.78 is 16.3. The molecule has 2 aromatic carbocycles. The maximum Gasteiger partial charge on any atom is 0.203 e. The van der Waals surface area contributed by atoms with Gasteiger partial charge >= 0.3 is 0 Å². The van der Waals surface area contributed by atoms with E-state index in [-0.39, 0.29) is 12.4 Å². The van der Waals surface area contributed by atoms with Crippen LogP contribution in [0.15, 0.2) is 42.5 Å². The van der Waals surface area contributed by atoms with Gasteiger partial charge in [0.25, 0.3) is 0 Å². The molecule has 0 bridgehead atoms. The summed E-state index contributed by atoms with van der Waals surface area (Å²) in [4.78, 5) is 0. The SMILES string of the molecule is COc1ccc(CNC(C)CCc2ccccc2)c(OC)c1OC.Cl. The van der Waals surface area contributed by atoms with E-state index >= 15 is 0 Å². The second-order valence-corrected chi connectivity index (χ2v) is 5.80. The summed E-state index contributed by atoms with van der Waals surface area (Å²) in [6.45, 7) is 2.93. The standard InChI is InChI=1S/C20H27NO3.ClH/c1-15(10-11-16-8-6-5-7-9-16)21-14-17-12-13-18(22-2)20(24-4)19(17)23-3;/h5-9,12-13,15,21H,10-11,14H2,1-4H3;1H. The van der Waals surface area contributed by atoms with Crippen LogP contribution in [0.4, 0.5) is 0 Å². The van der Waals surface area contributed by atoms with Crippen LogP contribution in [0.1, 0.15) is 24.5 Å². The summed E-state index contributed by atoms with van der Waals surface area (Å²) in [6.07, 6.45) is 2.15. The summed E-state index contributed by atoms with van der Waals surface area (Å²) in [7, 11) is 4.90. The molecule has 0 aliphatic rings. The van der Waals surface area contributed by atoms with Gasteiger partial charge in [-0.25, -0.2) is 0 Å². The highest BCUT2D eigenvalue weighted by Gasteiger charge is 2.16. The van der Waals surface area contributed by atoms with E-state index < -0.39 is 0 Å². The van der Waals surface area contributed by atoms with E-state index in [1.165, 1.54) is 5.56 Å². The number of halogens is 1. The molecule has 2 aromatic rings. The van der Waals surface area contributed by atoms with Crippen molar-refractivity contribution in [1.82, 2.24) is 5.32 Å². The molecule has 0 heterocycles. The fourth-order valence-corrected chi connectivity index (χ4v) is 2.72. The van der Waals surface area contributed by atoms with Crippen LogP contribution in [-0.4, -0.2) is 27.4 Å². The van der Waals surface area contributed by atoms with Crippen LogP contribution in [-0.2, 0) is 13.0 Å². The van der Waals surface area contributed by atoms with Crippen LogP contribution in [0.25, 0.3) is 0 Å². The first-order valence-corrected chi connectivity index (χ1v) is 8.24. The van der Waals surface area contributed by atoms with Gasteiger partial charge in [0.2, 0.25) is 5.75 Å². The van der Waals surface area contributed by atoms with Crippen molar-refractivity contribution >= 4 is 12.4 Å². The molecule has 4 nitrogen and oxygen atoms in total. The van der Waals surface area contributed by atoms with Gasteiger partial charge in [0.05, 0.1) is 21.3 Å².